The van der Waals surface area contributed by atoms with E-state index in [0.29, 0.717) is 18.7 Å². The van der Waals surface area contributed by atoms with E-state index in [1.807, 2.05) is 49.4 Å². The molecule has 0 unspecified atom stereocenters. The van der Waals surface area contributed by atoms with Crippen molar-refractivity contribution in [1.29, 1.82) is 0 Å². The molecule has 142 valence electrons. The van der Waals surface area contributed by atoms with Crippen molar-refractivity contribution in [3.63, 3.8) is 0 Å². The van der Waals surface area contributed by atoms with Gasteiger partial charge in [0.25, 0.3) is 0 Å². The maximum Gasteiger partial charge on any atom is 0.315 e. The first-order valence-corrected chi connectivity index (χ1v) is 8.82. The van der Waals surface area contributed by atoms with Gasteiger partial charge < -0.3 is 25.4 Å². The molecule has 3 N–H and O–H groups in total. The Morgan fingerprint density at radius 3 is 2.74 bits per heavy atom. The molecule has 27 heavy (non-hydrogen) atoms. The number of hydrogen-bond donors (Lipinski definition) is 3. The Balaban J connectivity index is 1.47. The molecule has 0 fully saturated rings. The van der Waals surface area contributed by atoms with Crippen LogP contribution < -0.4 is 25.4 Å². The predicted octanol–water partition coefficient (Wildman–Crippen LogP) is 2.98. The van der Waals surface area contributed by atoms with E-state index in [-0.39, 0.29) is 24.8 Å². The Bertz CT molecular complexity index is 838. The fraction of sp³-hybridized carbons (Fsp3) is 0.300. The number of hydrogen-bond acceptors (Lipinski definition) is 4. The molecular formula is C20H23N3O4. The lowest BCUT2D eigenvalue weighted by atomic mass is 10.1. The van der Waals surface area contributed by atoms with Crippen LogP contribution in [0.4, 0.5) is 10.5 Å². The van der Waals surface area contributed by atoms with Crippen LogP contribution in [-0.2, 0) is 11.2 Å². The first kappa shape index (κ1) is 18.6. The summed E-state index contributed by atoms with van der Waals surface area (Å²) < 4.78 is 10.6. The highest BCUT2D eigenvalue weighted by atomic mass is 16.7. The number of benzene rings is 2. The van der Waals surface area contributed by atoms with Gasteiger partial charge in [-0.15, -0.1) is 0 Å². The van der Waals surface area contributed by atoms with Crippen molar-refractivity contribution in [2.75, 3.05) is 18.7 Å². The molecule has 7 heteroatoms. The zero-order chi connectivity index (χ0) is 19.2. The van der Waals surface area contributed by atoms with E-state index in [9.17, 15) is 9.59 Å². The molecule has 0 radical (unpaired) electrons. The van der Waals surface area contributed by atoms with Gasteiger partial charge in [0.15, 0.2) is 11.5 Å². The second kappa shape index (κ2) is 8.44. The summed E-state index contributed by atoms with van der Waals surface area (Å²) in [6.07, 6.45) is 0.691. The van der Waals surface area contributed by atoms with Crippen molar-refractivity contribution in [1.82, 2.24) is 10.6 Å². The Kier molecular flexibility index (Phi) is 5.80. The minimum absolute atomic E-state index is 0.131. The van der Waals surface area contributed by atoms with Crippen molar-refractivity contribution in [3.05, 3.63) is 53.6 Å². The number of fused-ring (bicyclic) bond motifs is 1. The van der Waals surface area contributed by atoms with Crippen molar-refractivity contribution in [2.24, 2.45) is 0 Å². The van der Waals surface area contributed by atoms with Crippen molar-refractivity contribution in [3.8, 4) is 11.5 Å². The van der Waals surface area contributed by atoms with Gasteiger partial charge in [0.2, 0.25) is 12.7 Å². The molecule has 0 saturated carbocycles. The maximum atomic E-state index is 12.1. The van der Waals surface area contributed by atoms with Gasteiger partial charge in [0.05, 0.1) is 6.04 Å². The van der Waals surface area contributed by atoms with Crippen LogP contribution in [0.25, 0.3) is 0 Å². The van der Waals surface area contributed by atoms with Crippen molar-refractivity contribution < 1.29 is 19.1 Å². The van der Waals surface area contributed by atoms with Crippen LogP contribution in [0.3, 0.4) is 0 Å². The van der Waals surface area contributed by atoms with E-state index in [0.717, 1.165) is 22.6 Å². The molecule has 2 aromatic carbocycles. The molecule has 0 spiro atoms. The molecular weight excluding hydrogens is 346 g/mol. The molecule has 0 aromatic heterocycles. The maximum absolute atomic E-state index is 12.1. The zero-order valence-electron chi connectivity index (χ0n) is 15.4. The van der Waals surface area contributed by atoms with Gasteiger partial charge in [-0.2, -0.15) is 0 Å². The lowest BCUT2D eigenvalue weighted by Gasteiger charge is -2.16. The highest BCUT2D eigenvalue weighted by Gasteiger charge is 2.13. The number of rotatable bonds is 6. The summed E-state index contributed by atoms with van der Waals surface area (Å²) in [4.78, 5) is 23.3. The van der Waals surface area contributed by atoms with Crippen LogP contribution in [0.15, 0.2) is 42.5 Å². The summed E-state index contributed by atoms with van der Waals surface area (Å²) in [5.41, 5.74) is 2.68. The highest BCUT2D eigenvalue weighted by molar-refractivity contribution is 5.88. The normalized spacial score (nSPS) is 13.0. The molecule has 0 saturated heterocycles. The molecule has 2 aromatic rings. The lowest BCUT2D eigenvalue weighted by molar-refractivity contribution is -0.114. The van der Waals surface area contributed by atoms with Gasteiger partial charge in [0, 0.05) is 19.2 Å². The second-order valence-electron chi connectivity index (χ2n) is 6.37. The molecule has 7 nitrogen and oxygen atoms in total. The van der Waals surface area contributed by atoms with Gasteiger partial charge >= 0.3 is 6.03 Å². The fourth-order valence-electron chi connectivity index (χ4n) is 2.84. The summed E-state index contributed by atoms with van der Waals surface area (Å²) in [6.45, 7) is 4.11. The number of anilines is 1. The molecule has 1 atom stereocenters. The number of ether oxygens (including phenoxy) is 2. The summed E-state index contributed by atoms with van der Waals surface area (Å²) >= 11 is 0. The summed E-state index contributed by atoms with van der Waals surface area (Å²) in [5.74, 6) is 1.36. The van der Waals surface area contributed by atoms with Crippen LogP contribution in [0.2, 0.25) is 0 Å². The predicted molar refractivity (Wildman–Crippen MR) is 102 cm³/mol. The Morgan fingerprint density at radius 1 is 1.11 bits per heavy atom. The first-order chi connectivity index (χ1) is 13.0. The van der Waals surface area contributed by atoms with E-state index >= 15 is 0 Å². The van der Waals surface area contributed by atoms with E-state index < -0.39 is 0 Å². The standard InChI is InChI=1S/C20H23N3O4/c1-13(16-4-3-5-17(11-16)23-14(2)24)22-20(25)21-9-8-15-6-7-18-19(10-15)27-12-26-18/h3-7,10-11,13H,8-9,12H2,1-2H3,(H,23,24)(H2,21,22,25)/t13-/m0/s1. The van der Waals surface area contributed by atoms with Crippen LogP contribution in [-0.4, -0.2) is 25.3 Å². The van der Waals surface area contributed by atoms with E-state index in [1.165, 1.54) is 6.92 Å². The minimum Gasteiger partial charge on any atom is -0.454 e. The molecule has 0 aliphatic carbocycles. The molecule has 0 bridgehead atoms. The molecule has 1 aliphatic heterocycles. The molecule has 3 amide bonds. The second-order valence-corrected chi connectivity index (χ2v) is 6.37. The number of urea groups is 1. The van der Waals surface area contributed by atoms with Gasteiger partial charge in [-0.1, -0.05) is 18.2 Å². The number of amides is 3. The smallest absolute Gasteiger partial charge is 0.315 e. The summed E-state index contributed by atoms with van der Waals surface area (Å²) in [7, 11) is 0. The number of carbonyl (C=O) groups is 2. The number of nitrogens with one attached hydrogen (secondary N) is 3. The lowest BCUT2D eigenvalue weighted by Crippen LogP contribution is -2.38. The third kappa shape index (κ3) is 5.13. The van der Waals surface area contributed by atoms with E-state index in [1.54, 1.807) is 0 Å². The first-order valence-electron chi connectivity index (χ1n) is 8.82. The van der Waals surface area contributed by atoms with Gasteiger partial charge in [-0.05, 0) is 48.7 Å². The van der Waals surface area contributed by atoms with Crippen LogP contribution in [0.1, 0.15) is 31.0 Å². The van der Waals surface area contributed by atoms with E-state index in [4.69, 9.17) is 9.47 Å². The molecule has 1 aliphatic rings. The average Bonchev–Trinajstić information content (AvgIpc) is 3.09. The van der Waals surface area contributed by atoms with Gasteiger partial charge in [-0.25, -0.2) is 4.79 Å². The summed E-state index contributed by atoms with van der Waals surface area (Å²) in [5, 5.41) is 8.49. The Hall–Kier alpha value is -3.22. The highest BCUT2D eigenvalue weighted by Crippen LogP contribution is 2.32. The zero-order valence-corrected chi connectivity index (χ0v) is 15.4. The Morgan fingerprint density at radius 2 is 1.93 bits per heavy atom. The SMILES string of the molecule is CC(=O)Nc1cccc([C@H](C)NC(=O)NCCc2ccc3c(c2)OCO3)c1. The molecule has 3 rings (SSSR count). The van der Waals surface area contributed by atoms with Crippen LogP contribution in [0.5, 0.6) is 11.5 Å². The fourth-order valence-corrected chi connectivity index (χ4v) is 2.84. The van der Waals surface area contributed by atoms with Gasteiger partial charge in [-0.3, -0.25) is 4.79 Å². The van der Waals surface area contributed by atoms with Crippen LogP contribution >= 0.6 is 0 Å². The molecule has 1 heterocycles. The third-order valence-electron chi connectivity index (χ3n) is 4.19. The third-order valence-corrected chi connectivity index (χ3v) is 4.19. The largest absolute Gasteiger partial charge is 0.454 e. The van der Waals surface area contributed by atoms with Crippen LogP contribution in [0, 0.1) is 0 Å². The van der Waals surface area contributed by atoms with Crippen molar-refractivity contribution in [2.45, 2.75) is 26.3 Å². The number of carbonyl (C=O) groups excluding carboxylic acids is 2. The average molecular weight is 369 g/mol. The van der Waals surface area contributed by atoms with Gasteiger partial charge in [0.1, 0.15) is 0 Å². The minimum atomic E-state index is -0.242. The monoisotopic (exact) mass is 369 g/mol. The quantitative estimate of drug-likeness (QED) is 0.730. The summed E-state index contributed by atoms with van der Waals surface area (Å²) in [6, 6.07) is 12.7. The van der Waals surface area contributed by atoms with E-state index in [2.05, 4.69) is 16.0 Å². The topological polar surface area (TPSA) is 88.7 Å². The Labute approximate surface area is 158 Å². The van der Waals surface area contributed by atoms with Crippen molar-refractivity contribution >= 4 is 17.6 Å².